The average molecular weight is 575 g/mol. The smallest absolute Gasteiger partial charge is 0.367 e. The molecule has 15 heteroatoms. The van der Waals surface area contributed by atoms with Crippen molar-refractivity contribution in [1.29, 1.82) is 0 Å². The zero-order valence-corrected chi connectivity index (χ0v) is 21.3. The van der Waals surface area contributed by atoms with Crippen molar-refractivity contribution >= 4 is 33.3 Å². The van der Waals surface area contributed by atoms with Crippen molar-refractivity contribution < 1.29 is 21.6 Å². The summed E-state index contributed by atoms with van der Waals surface area (Å²) in [5.74, 6) is -0.447. The van der Waals surface area contributed by atoms with Gasteiger partial charge in [-0.25, -0.2) is 5.01 Å². The van der Waals surface area contributed by atoms with Crippen LogP contribution in [0.15, 0.2) is 87.2 Å². The van der Waals surface area contributed by atoms with Crippen molar-refractivity contribution in [3.05, 3.63) is 94.5 Å². The maximum absolute atomic E-state index is 13.1. The van der Waals surface area contributed by atoms with E-state index in [4.69, 9.17) is 17.3 Å². The van der Waals surface area contributed by atoms with Gasteiger partial charge in [0.1, 0.15) is 0 Å². The molecule has 0 saturated carbocycles. The molecule has 3 N–H and O–H groups in total. The molecule has 0 saturated heterocycles. The molecular formula is C24H18ClF3N8O2S. The normalized spacial score (nSPS) is 16.4. The molecule has 5 rings (SSSR count). The van der Waals surface area contributed by atoms with Crippen molar-refractivity contribution in [1.82, 2.24) is 25.6 Å². The third-order valence-corrected chi connectivity index (χ3v) is 7.44. The predicted octanol–water partition coefficient (Wildman–Crippen LogP) is 4.05. The largest absolute Gasteiger partial charge is 0.416 e. The van der Waals surface area contributed by atoms with Gasteiger partial charge < -0.3 is 5.73 Å². The fraction of sp³-hybridized carbons (Fsp3) is 0.125. The van der Waals surface area contributed by atoms with Gasteiger partial charge in [-0.15, -0.1) is 14.6 Å². The highest BCUT2D eigenvalue weighted by molar-refractivity contribution is 7.90. The number of guanidine groups is 1. The highest BCUT2D eigenvalue weighted by atomic mass is 35.5. The number of aromatic nitrogens is 4. The SMILES string of the molecule is N/C(=N\S(=O)(=O)c1cccc(C(F)(F)F)c1)N1CC(c2ccc(-c3nn[nH]n3)cc2)C(c2ccc(Cl)cc2)=N1. The van der Waals surface area contributed by atoms with Crippen molar-refractivity contribution in [3.8, 4) is 11.4 Å². The highest BCUT2D eigenvalue weighted by Crippen LogP contribution is 2.32. The predicted molar refractivity (Wildman–Crippen MR) is 137 cm³/mol. The molecule has 3 aromatic carbocycles. The average Bonchev–Trinajstić information content (AvgIpc) is 3.60. The Morgan fingerprint density at radius 1 is 1.05 bits per heavy atom. The van der Waals surface area contributed by atoms with E-state index in [1.165, 1.54) is 5.01 Å². The molecule has 1 aromatic heterocycles. The fourth-order valence-corrected chi connectivity index (χ4v) is 5.09. The lowest BCUT2D eigenvalue weighted by Crippen LogP contribution is -2.33. The van der Waals surface area contributed by atoms with Crippen molar-refractivity contribution in [2.24, 2.45) is 15.2 Å². The van der Waals surface area contributed by atoms with Crippen LogP contribution in [0, 0.1) is 0 Å². The van der Waals surface area contributed by atoms with Gasteiger partial charge in [0.25, 0.3) is 10.0 Å². The van der Waals surface area contributed by atoms with Crippen LogP contribution in [0.5, 0.6) is 0 Å². The lowest BCUT2D eigenvalue weighted by molar-refractivity contribution is -0.137. The van der Waals surface area contributed by atoms with Crippen LogP contribution in [0.4, 0.5) is 13.2 Å². The van der Waals surface area contributed by atoms with Crippen LogP contribution in [0.1, 0.15) is 22.6 Å². The molecule has 200 valence electrons. The van der Waals surface area contributed by atoms with E-state index < -0.39 is 32.6 Å². The number of nitrogens with zero attached hydrogens (tertiary/aromatic N) is 6. The molecule has 1 unspecified atom stereocenters. The Balaban J connectivity index is 1.48. The molecule has 4 aromatic rings. The minimum absolute atomic E-state index is 0.118. The van der Waals surface area contributed by atoms with Gasteiger partial charge in [0.2, 0.25) is 11.8 Å². The number of alkyl halides is 3. The molecule has 0 aliphatic carbocycles. The summed E-state index contributed by atoms with van der Waals surface area (Å²) in [5, 5.41) is 20.1. The second-order valence-electron chi connectivity index (χ2n) is 8.43. The Kier molecular flexibility index (Phi) is 6.82. The molecule has 1 aliphatic heterocycles. The fourth-order valence-electron chi connectivity index (χ4n) is 3.99. The minimum atomic E-state index is -4.72. The summed E-state index contributed by atoms with van der Waals surface area (Å²) in [5.41, 5.74) is 7.74. The quantitative estimate of drug-likeness (QED) is 0.270. The third-order valence-electron chi connectivity index (χ3n) is 5.91. The zero-order valence-electron chi connectivity index (χ0n) is 19.7. The van der Waals surface area contributed by atoms with E-state index >= 15 is 0 Å². The molecule has 0 bridgehead atoms. The van der Waals surface area contributed by atoms with Gasteiger partial charge in [0, 0.05) is 16.5 Å². The van der Waals surface area contributed by atoms with Gasteiger partial charge in [-0.1, -0.05) is 54.1 Å². The Hall–Kier alpha value is -4.30. The lowest BCUT2D eigenvalue weighted by atomic mass is 9.90. The summed E-state index contributed by atoms with van der Waals surface area (Å²) in [6, 6.07) is 17.5. The molecule has 0 spiro atoms. The van der Waals surface area contributed by atoms with Gasteiger partial charge >= 0.3 is 6.18 Å². The molecule has 2 heterocycles. The van der Waals surface area contributed by atoms with E-state index in [0.29, 0.717) is 28.2 Å². The maximum atomic E-state index is 13.1. The van der Waals surface area contributed by atoms with E-state index in [1.54, 1.807) is 36.4 Å². The number of hydrogen-bond acceptors (Lipinski definition) is 6. The minimum Gasteiger partial charge on any atom is -0.367 e. The highest BCUT2D eigenvalue weighted by Gasteiger charge is 2.33. The number of H-pyrrole nitrogens is 1. The Bertz CT molecular complexity index is 1660. The van der Waals surface area contributed by atoms with Crippen LogP contribution in [-0.4, -0.2) is 52.3 Å². The molecule has 0 radical (unpaired) electrons. The van der Waals surface area contributed by atoms with Crippen LogP contribution >= 0.6 is 11.6 Å². The maximum Gasteiger partial charge on any atom is 0.416 e. The van der Waals surface area contributed by atoms with E-state index in [0.717, 1.165) is 29.3 Å². The molecular weight excluding hydrogens is 557 g/mol. The lowest BCUT2D eigenvalue weighted by Gasteiger charge is -2.16. The van der Waals surface area contributed by atoms with Gasteiger partial charge in [-0.3, -0.25) is 0 Å². The molecule has 0 amide bonds. The van der Waals surface area contributed by atoms with Gasteiger partial charge in [-0.05, 0) is 46.7 Å². The first-order chi connectivity index (χ1) is 18.5. The number of halogens is 4. The monoisotopic (exact) mass is 574 g/mol. The van der Waals surface area contributed by atoms with Crippen LogP contribution in [0.2, 0.25) is 5.02 Å². The molecule has 1 atom stereocenters. The Labute approximate surface area is 225 Å². The van der Waals surface area contributed by atoms with E-state index in [1.807, 2.05) is 12.1 Å². The van der Waals surface area contributed by atoms with Gasteiger partial charge in [0.15, 0.2) is 0 Å². The summed E-state index contributed by atoms with van der Waals surface area (Å²) in [7, 11) is -4.57. The van der Waals surface area contributed by atoms with Crippen LogP contribution in [0.3, 0.4) is 0 Å². The Morgan fingerprint density at radius 3 is 2.38 bits per heavy atom. The molecule has 1 aliphatic rings. The number of rotatable bonds is 5. The van der Waals surface area contributed by atoms with Crippen LogP contribution in [-0.2, 0) is 16.2 Å². The topological polar surface area (TPSA) is 143 Å². The van der Waals surface area contributed by atoms with Crippen LogP contribution in [0.25, 0.3) is 11.4 Å². The van der Waals surface area contributed by atoms with Crippen molar-refractivity contribution in [2.45, 2.75) is 17.0 Å². The summed E-state index contributed by atoms with van der Waals surface area (Å²) >= 11 is 6.04. The number of hydrazone groups is 1. The first-order valence-corrected chi connectivity index (χ1v) is 13.1. The first-order valence-electron chi connectivity index (χ1n) is 11.2. The second kappa shape index (κ2) is 10.1. The summed E-state index contributed by atoms with van der Waals surface area (Å²) in [6.45, 7) is 0.118. The van der Waals surface area contributed by atoms with Crippen molar-refractivity contribution in [3.63, 3.8) is 0 Å². The molecule has 0 fully saturated rings. The van der Waals surface area contributed by atoms with Gasteiger partial charge in [-0.2, -0.15) is 31.9 Å². The zero-order chi connectivity index (χ0) is 27.8. The standard InChI is InChI=1S/C24H18ClF3N8O2S/c25-18-10-8-15(9-11-18)21-20(14-4-6-16(7-5-14)22-30-34-35-31-22)13-36(32-21)23(29)33-39(37,38)19-3-1-2-17(12-19)24(26,27)28/h1-12,20H,13H2,(H2,29,33)(H,30,31,34,35). The second-order valence-corrected chi connectivity index (χ2v) is 10.5. The van der Waals surface area contributed by atoms with E-state index in [2.05, 4.69) is 30.1 Å². The molecule has 10 nitrogen and oxygen atoms in total. The number of hydrogen-bond donors (Lipinski definition) is 2. The number of benzene rings is 3. The first kappa shape index (κ1) is 26.3. The number of nitrogens with one attached hydrogen (secondary N) is 1. The van der Waals surface area contributed by atoms with E-state index in [9.17, 15) is 21.6 Å². The number of tetrazole rings is 1. The van der Waals surface area contributed by atoms with Crippen molar-refractivity contribution in [2.75, 3.05) is 6.54 Å². The summed E-state index contributed by atoms with van der Waals surface area (Å²) in [6.07, 6.45) is -4.72. The third kappa shape index (κ3) is 5.61. The number of aromatic amines is 1. The van der Waals surface area contributed by atoms with E-state index in [-0.39, 0.29) is 12.5 Å². The summed E-state index contributed by atoms with van der Waals surface area (Å²) < 4.78 is 68.5. The van der Waals surface area contributed by atoms with Crippen LogP contribution < -0.4 is 5.73 Å². The Morgan fingerprint density at radius 2 is 1.74 bits per heavy atom. The van der Waals surface area contributed by atoms with Gasteiger partial charge in [0.05, 0.1) is 22.7 Å². The number of sulfonamides is 1. The molecule has 39 heavy (non-hydrogen) atoms. The summed E-state index contributed by atoms with van der Waals surface area (Å²) in [4.78, 5) is -0.644. The number of nitrogens with two attached hydrogens (primary N) is 1.